The van der Waals surface area contributed by atoms with E-state index in [1.165, 1.54) is 6.08 Å². The lowest BCUT2D eigenvalue weighted by Crippen LogP contribution is -1.95. The summed E-state index contributed by atoms with van der Waals surface area (Å²) >= 11 is 0. The molecule has 0 aromatic heterocycles. The van der Waals surface area contributed by atoms with Crippen molar-refractivity contribution in [2.45, 2.75) is 6.42 Å². The summed E-state index contributed by atoms with van der Waals surface area (Å²) in [5.74, 6) is -1.52. The summed E-state index contributed by atoms with van der Waals surface area (Å²) in [6, 6.07) is 9.03. The van der Waals surface area contributed by atoms with Crippen molar-refractivity contribution in [2.75, 3.05) is 0 Å². The van der Waals surface area contributed by atoms with Crippen LogP contribution >= 0.6 is 0 Å². The van der Waals surface area contributed by atoms with Crippen molar-refractivity contribution in [3.8, 4) is 0 Å². The molecular formula is C12H9F2. The molecule has 2 heteroatoms. The number of benzene rings is 1. The highest BCUT2D eigenvalue weighted by molar-refractivity contribution is 5.72. The van der Waals surface area contributed by atoms with Gasteiger partial charge in [-0.15, -0.1) is 0 Å². The van der Waals surface area contributed by atoms with Gasteiger partial charge in [-0.05, 0) is 30.1 Å². The van der Waals surface area contributed by atoms with Gasteiger partial charge in [0.2, 0.25) is 0 Å². The molecule has 0 fully saturated rings. The average molecular weight is 191 g/mol. The summed E-state index contributed by atoms with van der Waals surface area (Å²) in [7, 11) is 0. The maximum atomic E-state index is 13.3. The largest absolute Gasteiger partial charge is 0.204 e. The lowest BCUT2D eigenvalue weighted by Gasteiger charge is -2.11. The van der Waals surface area contributed by atoms with Crippen molar-refractivity contribution in [1.29, 1.82) is 0 Å². The number of hydrogen-bond acceptors (Lipinski definition) is 0. The van der Waals surface area contributed by atoms with Crippen LogP contribution in [0.25, 0.3) is 5.57 Å². The Morgan fingerprint density at radius 2 is 1.71 bits per heavy atom. The summed E-state index contributed by atoms with van der Waals surface area (Å²) in [6.07, 6.45) is 3.24. The van der Waals surface area contributed by atoms with E-state index in [0.29, 0.717) is 12.0 Å². The first-order chi connectivity index (χ1) is 6.79. The van der Waals surface area contributed by atoms with Crippen LogP contribution in [-0.4, -0.2) is 0 Å². The third-order valence-electron chi connectivity index (χ3n) is 2.18. The van der Waals surface area contributed by atoms with Crippen LogP contribution in [0.1, 0.15) is 12.0 Å². The number of hydrogen-bond donors (Lipinski definition) is 0. The van der Waals surface area contributed by atoms with E-state index in [4.69, 9.17) is 0 Å². The van der Waals surface area contributed by atoms with Crippen LogP contribution in [0, 0.1) is 6.42 Å². The van der Waals surface area contributed by atoms with Gasteiger partial charge in [0.05, 0.1) is 0 Å². The minimum Gasteiger partial charge on any atom is -0.204 e. The molecule has 1 aliphatic rings. The quantitative estimate of drug-likeness (QED) is 0.632. The highest BCUT2D eigenvalue weighted by Crippen LogP contribution is 2.33. The Bertz CT molecular complexity index is 388. The lowest BCUT2D eigenvalue weighted by atomic mass is 9.96. The Hall–Kier alpha value is -1.44. The fourth-order valence-electron chi connectivity index (χ4n) is 1.47. The molecule has 1 aliphatic carbocycles. The van der Waals surface area contributed by atoms with Gasteiger partial charge >= 0.3 is 0 Å². The topological polar surface area (TPSA) is 0 Å². The Balaban J connectivity index is 2.44. The predicted octanol–water partition coefficient (Wildman–Crippen LogP) is 3.83. The zero-order chi connectivity index (χ0) is 9.97. The highest BCUT2D eigenvalue weighted by atomic mass is 19.2. The molecule has 71 valence electrons. The monoisotopic (exact) mass is 191 g/mol. The Morgan fingerprint density at radius 3 is 2.43 bits per heavy atom. The van der Waals surface area contributed by atoms with Crippen LogP contribution in [0.4, 0.5) is 8.78 Å². The molecular weight excluding hydrogens is 182 g/mol. The van der Waals surface area contributed by atoms with Gasteiger partial charge in [-0.25, -0.2) is 8.78 Å². The molecule has 0 unspecified atom stereocenters. The minimum absolute atomic E-state index is 0.422. The molecule has 1 aromatic rings. The SMILES string of the molecule is FC1=C[CH]CC(c2ccccc2)=C1F. The van der Waals surface area contributed by atoms with Crippen molar-refractivity contribution in [3.63, 3.8) is 0 Å². The van der Waals surface area contributed by atoms with E-state index in [0.717, 1.165) is 5.56 Å². The van der Waals surface area contributed by atoms with Gasteiger partial charge in [0.15, 0.2) is 11.7 Å². The first kappa shape index (κ1) is 9.13. The first-order valence-corrected chi connectivity index (χ1v) is 4.42. The summed E-state index contributed by atoms with van der Waals surface area (Å²) in [4.78, 5) is 0. The van der Waals surface area contributed by atoms with E-state index in [2.05, 4.69) is 0 Å². The van der Waals surface area contributed by atoms with Crippen LogP contribution in [-0.2, 0) is 0 Å². The molecule has 1 radical (unpaired) electrons. The third-order valence-corrected chi connectivity index (χ3v) is 2.18. The molecule has 0 nitrogen and oxygen atoms in total. The molecule has 0 saturated heterocycles. The zero-order valence-corrected chi connectivity index (χ0v) is 7.50. The Kier molecular flexibility index (Phi) is 2.44. The van der Waals surface area contributed by atoms with E-state index in [-0.39, 0.29) is 0 Å². The maximum absolute atomic E-state index is 13.3. The summed E-state index contributed by atoms with van der Waals surface area (Å²) in [5, 5.41) is 0. The van der Waals surface area contributed by atoms with Crippen LogP contribution in [0.2, 0.25) is 0 Å². The normalized spacial score (nSPS) is 16.9. The van der Waals surface area contributed by atoms with Crippen molar-refractivity contribution in [1.82, 2.24) is 0 Å². The van der Waals surface area contributed by atoms with E-state index < -0.39 is 11.7 Å². The van der Waals surface area contributed by atoms with Crippen LogP contribution in [0.3, 0.4) is 0 Å². The second-order valence-corrected chi connectivity index (χ2v) is 3.11. The molecule has 0 aliphatic heterocycles. The molecule has 0 atom stereocenters. The van der Waals surface area contributed by atoms with Gasteiger partial charge in [-0.1, -0.05) is 30.3 Å². The maximum Gasteiger partial charge on any atom is 0.162 e. The zero-order valence-electron chi connectivity index (χ0n) is 7.50. The van der Waals surface area contributed by atoms with Crippen molar-refractivity contribution >= 4 is 5.57 Å². The smallest absolute Gasteiger partial charge is 0.162 e. The molecule has 0 amide bonds. The van der Waals surface area contributed by atoms with Crippen LogP contribution in [0.15, 0.2) is 48.1 Å². The number of rotatable bonds is 1. The Labute approximate surface area is 81.6 Å². The Morgan fingerprint density at radius 1 is 1.00 bits per heavy atom. The molecule has 0 N–H and O–H groups in total. The second-order valence-electron chi connectivity index (χ2n) is 3.11. The van der Waals surface area contributed by atoms with Gasteiger partial charge in [-0.2, -0.15) is 0 Å². The second kappa shape index (κ2) is 3.74. The fraction of sp³-hybridized carbons (Fsp3) is 0.0833. The molecule has 14 heavy (non-hydrogen) atoms. The lowest BCUT2D eigenvalue weighted by molar-refractivity contribution is 0.541. The van der Waals surface area contributed by atoms with Crippen molar-refractivity contribution in [2.24, 2.45) is 0 Å². The molecule has 0 spiro atoms. The molecule has 0 saturated carbocycles. The molecule has 1 aromatic carbocycles. The summed E-state index contributed by atoms with van der Waals surface area (Å²) in [6.45, 7) is 0. The van der Waals surface area contributed by atoms with Gasteiger partial charge in [0.25, 0.3) is 0 Å². The highest BCUT2D eigenvalue weighted by Gasteiger charge is 2.16. The third kappa shape index (κ3) is 1.60. The summed E-state index contributed by atoms with van der Waals surface area (Å²) < 4.78 is 26.3. The van der Waals surface area contributed by atoms with Gasteiger partial charge in [-0.3, -0.25) is 0 Å². The van der Waals surface area contributed by atoms with Gasteiger partial charge < -0.3 is 0 Å². The van der Waals surface area contributed by atoms with Crippen molar-refractivity contribution in [3.05, 3.63) is 60.0 Å². The fourth-order valence-corrected chi connectivity index (χ4v) is 1.47. The standard InChI is InChI=1S/C12H9F2/c13-11-8-4-7-10(12(11)14)9-5-2-1-3-6-9/h1-6,8H,7H2. The van der Waals surface area contributed by atoms with E-state index in [1.54, 1.807) is 18.6 Å². The minimum atomic E-state index is -0.782. The van der Waals surface area contributed by atoms with E-state index in [9.17, 15) is 8.78 Å². The predicted molar refractivity (Wildman–Crippen MR) is 52.6 cm³/mol. The molecule has 2 rings (SSSR count). The van der Waals surface area contributed by atoms with Gasteiger partial charge in [0.1, 0.15) is 0 Å². The van der Waals surface area contributed by atoms with E-state index >= 15 is 0 Å². The molecule has 0 heterocycles. The molecule has 0 bridgehead atoms. The van der Waals surface area contributed by atoms with Crippen molar-refractivity contribution < 1.29 is 8.78 Å². The number of halogens is 2. The first-order valence-electron chi connectivity index (χ1n) is 4.42. The van der Waals surface area contributed by atoms with E-state index in [1.807, 2.05) is 18.2 Å². The van der Waals surface area contributed by atoms with Gasteiger partial charge in [0, 0.05) is 0 Å². The number of allylic oxidation sites excluding steroid dienone is 4. The van der Waals surface area contributed by atoms with Crippen LogP contribution in [0.5, 0.6) is 0 Å². The average Bonchev–Trinajstić information content (AvgIpc) is 2.23. The summed E-state index contributed by atoms with van der Waals surface area (Å²) in [5.41, 5.74) is 1.16. The van der Waals surface area contributed by atoms with Crippen LogP contribution < -0.4 is 0 Å².